The standard InChI is InChI=1S/C34H39FN2O6Si/c1-32(2,3)43-29-28(38)27(42-34(29,44(4)5)37-21-26(35)30(39)36-31(37)40)22-41-33(23-15-9-6-10-16-23,24-17-11-7-12-18-24)25-19-13-8-14-20-25/h6-21,27-29,38,44H,22H2,1-5H3,(H,36,39,40)/t27-,28-,29-,34+/m1/s1. The molecule has 8 nitrogen and oxygen atoms in total. The fourth-order valence-electron chi connectivity index (χ4n) is 6.11. The third-order valence-corrected chi connectivity index (χ3v) is 10.4. The van der Waals surface area contributed by atoms with Gasteiger partial charge >= 0.3 is 5.69 Å². The summed E-state index contributed by atoms with van der Waals surface area (Å²) in [7, 11) is -2.21. The van der Waals surface area contributed by atoms with Crippen molar-refractivity contribution in [2.24, 2.45) is 0 Å². The molecule has 232 valence electrons. The maximum absolute atomic E-state index is 14.7. The summed E-state index contributed by atoms with van der Waals surface area (Å²) in [6.45, 7) is 9.24. The summed E-state index contributed by atoms with van der Waals surface area (Å²) in [5, 5.41) is 10.3. The molecule has 1 aliphatic rings. The first-order chi connectivity index (χ1) is 20.9. The number of rotatable bonds is 9. The van der Waals surface area contributed by atoms with Gasteiger partial charge in [-0.25, -0.2) is 4.79 Å². The molecule has 10 heteroatoms. The molecule has 1 fully saturated rings. The zero-order valence-electron chi connectivity index (χ0n) is 25.6. The average molecular weight is 619 g/mol. The minimum Gasteiger partial charge on any atom is -0.387 e. The number of nitrogens with one attached hydrogen (secondary N) is 1. The van der Waals surface area contributed by atoms with Crippen LogP contribution in [0.2, 0.25) is 13.1 Å². The third-order valence-electron chi connectivity index (χ3n) is 8.03. The number of hydrogen-bond acceptors (Lipinski definition) is 6. The quantitative estimate of drug-likeness (QED) is 0.214. The fourth-order valence-corrected chi connectivity index (χ4v) is 8.22. The Balaban J connectivity index is 1.64. The summed E-state index contributed by atoms with van der Waals surface area (Å²) in [5.74, 6) is -1.14. The predicted octanol–water partition coefficient (Wildman–Crippen LogP) is 4.31. The van der Waals surface area contributed by atoms with E-state index in [-0.39, 0.29) is 6.61 Å². The van der Waals surface area contributed by atoms with Crippen LogP contribution in [0.4, 0.5) is 4.39 Å². The molecule has 0 spiro atoms. The van der Waals surface area contributed by atoms with Crippen LogP contribution in [0.1, 0.15) is 37.5 Å². The van der Waals surface area contributed by atoms with Crippen LogP contribution < -0.4 is 11.2 Å². The molecular weight excluding hydrogens is 579 g/mol. The van der Waals surface area contributed by atoms with E-state index in [1.807, 2.05) is 130 Å². The normalized spacial score (nSPS) is 22.4. The van der Waals surface area contributed by atoms with Crippen LogP contribution in [-0.4, -0.2) is 54.0 Å². The van der Waals surface area contributed by atoms with E-state index in [9.17, 15) is 19.1 Å². The number of halogens is 1. The van der Waals surface area contributed by atoms with E-state index in [4.69, 9.17) is 14.2 Å². The van der Waals surface area contributed by atoms with Crippen LogP contribution >= 0.6 is 0 Å². The molecule has 1 aliphatic heterocycles. The lowest BCUT2D eigenvalue weighted by atomic mass is 9.80. The molecule has 0 radical (unpaired) electrons. The van der Waals surface area contributed by atoms with Crippen LogP contribution in [0.3, 0.4) is 0 Å². The van der Waals surface area contributed by atoms with E-state index in [1.165, 1.54) is 0 Å². The van der Waals surface area contributed by atoms with Crippen LogP contribution in [0.5, 0.6) is 0 Å². The smallest absolute Gasteiger partial charge is 0.330 e. The number of aliphatic hydroxyl groups is 1. The second-order valence-corrected chi connectivity index (χ2v) is 15.5. The molecule has 1 saturated heterocycles. The molecule has 1 aromatic heterocycles. The summed E-state index contributed by atoms with van der Waals surface area (Å²) in [4.78, 5) is 27.2. The highest BCUT2D eigenvalue weighted by molar-refractivity contribution is 6.58. The Labute approximate surface area is 257 Å². The summed E-state index contributed by atoms with van der Waals surface area (Å²) < 4.78 is 35.8. The van der Waals surface area contributed by atoms with Crippen molar-refractivity contribution in [2.45, 2.75) is 68.7 Å². The monoisotopic (exact) mass is 618 g/mol. The highest BCUT2D eigenvalue weighted by atomic mass is 28.3. The van der Waals surface area contributed by atoms with Gasteiger partial charge < -0.3 is 19.3 Å². The van der Waals surface area contributed by atoms with Gasteiger partial charge in [-0.2, -0.15) is 4.39 Å². The number of hydrogen-bond donors (Lipinski definition) is 2. The number of H-pyrrole nitrogens is 1. The molecule has 3 aromatic carbocycles. The number of aromatic amines is 1. The molecule has 0 amide bonds. The van der Waals surface area contributed by atoms with Crippen molar-refractivity contribution in [3.05, 3.63) is 141 Å². The van der Waals surface area contributed by atoms with Gasteiger partial charge in [0, 0.05) is 0 Å². The van der Waals surface area contributed by atoms with E-state index < -0.39 is 60.7 Å². The number of ether oxygens (including phenoxy) is 3. The predicted molar refractivity (Wildman–Crippen MR) is 169 cm³/mol. The minimum absolute atomic E-state index is 0.104. The molecule has 4 aromatic rings. The Morgan fingerprint density at radius 2 is 1.39 bits per heavy atom. The maximum atomic E-state index is 14.7. The Bertz CT molecular complexity index is 1580. The minimum atomic E-state index is -2.21. The van der Waals surface area contributed by atoms with Gasteiger partial charge in [-0.15, -0.1) is 0 Å². The molecule has 0 aliphatic carbocycles. The molecule has 2 heterocycles. The Morgan fingerprint density at radius 3 is 1.82 bits per heavy atom. The van der Waals surface area contributed by atoms with Crippen LogP contribution in [0.15, 0.2) is 107 Å². The zero-order valence-corrected chi connectivity index (χ0v) is 26.7. The first-order valence-electron chi connectivity index (χ1n) is 14.8. The average Bonchev–Trinajstić information content (AvgIpc) is 3.27. The summed E-state index contributed by atoms with van der Waals surface area (Å²) in [6, 6.07) is 29.4. The second-order valence-electron chi connectivity index (χ2n) is 12.4. The molecule has 44 heavy (non-hydrogen) atoms. The number of benzene rings is 3. The molecule has 0 saturated carbocycles. The zero-order chi connectivity index (χ0) is 31.7. The van der Waals surface area contributed by atoms with Crippen molar-refractivity contribution in [3.8, 4) is 0 Å². The molecule has 4 atom stereocenters. The van der Waals surface area contributed by atoms with Gasteiger partial charge in [-0.1, -0.05) is 104 Å². The first-order valence-corrected chi connectivity index (χ1v) is 17.6. The largest absolute Gasteiger partial charge is 0.387 e. The topological polar surface area (TPSA) is 103 Å². The Hall–Kier alpha value is -3.67. The van der Waals surface area contributed by atoms with Crippen molar-refractivity contribution >= 4 is 8.80 Å². The van der Waals surface area contributed by atoms with Gasteiger partial charge in [0.25, 0.3) is 5.56 Å². The van der Waals surface area contributed by atoms with Crippen molar-refractivity contribution in [3.63, 3.8) is 0 Å². The van der Waals surface area contributed by atoms with Crippen LogP contribution in [-0.2, 0) is 25.2 Å². The molecule has 0 bridgehead atoms. The summed E-state index contributed by atoms with van der Waals surface area (Å²) in [6.07, 6.45) is -2.45. The maximum Gasteiger partial charge on any atom is 0.330 e. The SMILES string of the molecule is C[SiH](C)[C@@]1(n2cc(F)c(=O)[nH]c2=O)O[C@H](COC(c2ccccc2)(c2ccccc2)c2ccccc2)[C@@H](O)[C@H]1OC(C)(C)C. The van der Waals surface area contributed by atoms with Gasteiger partial charge in [-0.3, -0.25) is 14.3 Å². The van der Waals surface area contributed by atoms with Gasteiger partial charge in [0.05, 0.1) is 27.2 Å². The van der Waals surface area contributed by atoms with E-state index in [2.05, 4.69) is 0 Å². The first kappa shape index (κ1) is 31.7. The lowest BCUT2D eigenvalue weighted by Gasteiger charge is -2.41. The van der Waals surface area contributed by atoms with Crippen LogP contribution in [0, 0.1) is 5.82 Å². The molecule has 5 rings (SSSR count). The van der Waals surface area contributed by atoms with Crippen molar-refractivity contribution in [1.29, 1.82) is 0 Å². The summed E-state index contributed by atoms with van der Waals surface area (Å²) >= 11 is 0. The number of nitrogens with zero attached hydrogens (tertiary/aromatic N) is 1. The van der Waals surface area contributed by atoms with Crippen molar-refractivity contribution < 1.29 is 23.7 Å². The van der Waals surface area contributed by atoms with Gasteiger partial charge in [0.2, 0.25) is 5.82 Å². The number of aromatic nitrogens is 2. The third kappa shape index (κ3) is 5.76. The lowest BCUT2D eigenvalue weighted by Crippen LogP contribution is -2.60. The van der Waals surface area contributed by atoms with Gasteiger partial charge in [0.1, 0.15) is 23.9 Å². The van der Waals surface area contributed by atoms with E-state index in [0.717, 1.165) is 27.5 Å². The van der Waals surface area contributed by atoms with Crippen LogP contribution in [0.25, 0.3) is 0 Å². The Kier molecular flexibility index (Phi) is 8.93. The molecule has 2 N–H and O–H groups in total. The molecule has 0 unspecified atom stereocenters. The lowest BCUT2D eigenvalue weighted by molar-refractivity contribution is -0.157. The number of aliphatic hydroxyl groups excluding tert-OH is 1. The van der Waals surface area contributed by atoms with E-state index in [1.54, 1.807) is 0 Å². The highest BCUT2D eigenvalue weighted by Crippen LogP contribution is 2.44. The highest BCUT2D eigenvalue weighted by Gasteiger charge is 2.60. The molecular formula is C34H39FN2O6Si. The van der Waals surface area contributed by atoms with Gasteiger partial charge in [-0.05, 0) is 37.5 Å². The van der Waals surface area contributed by atoms with Gasteiger partial charge in [0.15, 0.2) is 5.35 Å². The Morgan fingerprint density at radius 1 is 0.909 bits per heavy atom. The second kappa shape index (κ2) is 12.4. The van der Waals surface area contributed by atoms with E-state index in [0.29, 0.717) is 0 Å². The van der Waals surface area contributed by atoms with Crippen molar-refractivity contribution in [2.75, 3.05) is 6.61 Å². The summed E-state index contributed by atoms with van der Waals surface area (Å²) in [5.41, 5.74) is -1.21. The van der Waals surface area contributed by atoms with Crippen molar-refractivity contribution in [1.82, 2.24) is 9.55 Å². The van der Waals surface area contributed by atoms with E-state index >= 15 is 0 Å². The fraction of sp³-hybridized carbons (Fsp3) is 0.353.